The van der Waals surface area contributed by atoms with Crippen molar-refractivity contribution in [3.05, 3.63) is 48.2 Å². The molecule has 0 unspecified atom stereocenters. The molecule has 0 spiro atoms. The van der Waals surface area contributed by atoms with Gasteiger partial charge in [0.1, 0.15) is 5.82 Å². The lowest BCUT2D eigenvalue weighted by Gasteiger charge is -2.04. The van der Waals surface area contributed by atoms with E-state index in [1.165, 1.54) is 0 Å². The maximum Gasteiger partial charge on any atom is 0.148 e. The molecule has 1 N–H and O–H groups in total. The third-order valence-corrected chi connectivity index (χ3v) is 3.04. The van der Waals surface area contributed by atoms with Gasteiger partial charge < -0.3 is 5.32 Å². The zero-order valence-electron chi connectivity index (χ0n) is 10.9. The van der Waals surface area contributed by atoms with E-state index in [1.807, 2.05) is 44.3 Å². The van der Waals surface area contributed by atoms with Gasteiger partial charge in [0.2, 0.25) is 0 Å². The molecule has 4 nitrogen and oxygen atoms in total. The minimum Gasteiger partial charge on any atom is -0.372 e. The van der Waals surface area contributed by atoms with Gasteiger partial charge in [-0.1, -0.05) is 12.1 Å². The van der Waals surface area contributed by atoms with Crippen LogP contribution in [0.5, 0.6) is 0 Å². The van der Waals surface area contributed by atoms with Crippen LogP contribution in [0.15, 0.2) is 42.5 Å². The molecular formula is C15H14N4. The lowest BCUT2D eigenvalue weighted by atomic mass is 10.1. The van der Waals surface area contributed by atoms with Crippen molar-refractivity contribution in [1.82, 2.24) is 15.2 Å². The lowest BCUT2D eigenvalue weighted by Crippen LogP contribution is -1.95. The molecule has 0 radical (unpaired) electrons. The third-order valence-electron chi connectivity index (χ3n) is 3.04. The van der Waals surface area contributed by atoms with E-state index < -0.39 is 0 Å². The van der Waals surface area contributed by atoms with E-state index in [0.717, 1.165) is 33.7 Å². The first-order valence-electron chi connectivity index (χ1n) is 6.15. The highest BCUT2D eigenvalue weighted by molar-refractivity contribution is 5.83. The minimum atomic E-state index is 0.766. The number of pyridine rings is 1. The van der Waals surface area contributed by atoms with Crippen LogP contribution in [0, 0.1) is 6.92 Å². The van der Waals surface area contributed by atoms with Crippen molar-refractivity contribution in [1.29, 1.82) is 0 Å². The van der Waals surface area contributed by atoms with Gasteiger partial charge in [-0.25, -0.2) is 0 Å². The third kappa shape index (κ3) is 2.25. The molecule has 0 fully saturated rings. The fraction of sp³-hybridized carbons (Fsp3) is 0.133. The summed E-state index contributed by atoms with van der Waals surface area (Å²) < 4.78 is 0. The van der Waals surface area contributed by atoms with E-state index in [-0.39, 0.29) is 0 Å². The second kappa shape index (κ2) is 4.65. The number of rotatable bonds is 2. The summed E-state index contributed by atoms with van der Waals surface area (Å²) in [6.07, 6.45) is 0. The first-order valence-corrected chi connectivity index (χ1v) is 6.15. The summed E-state index contributed by atoms with van der Waals surface area (Å²) in [5.41, 5.74) is 3.94. The monoisotopic (exact) mass is 250 g/mol. The Morgan fingerprint density at radius 1 is 0.947 bits per heavy atom. The number of benzene rings is 1. The number of aryl methyl sites for hydroxylation is 1. The number of nitrogens with one attached hydrogen (secondary N) is 1. The Hall–Kier alpha value is -2.49. The van der Waals surface area contributed by atoms with E-state index in [2.05, 4.69) is 32.6 Å². The number of fused-ring (bicyclic) bond motifs is 1. The molecule has 4 heteroatoms. The molecule has 94 valence electrons. The van der Waals surface area contributed by atoms with E-state index >= 15 is 0 Å². The van der Waals surface area contributed by atoms with Crippen molar-refractivity contribution in [2.45, 2.75) is 6.92 Å². The minimum absolute atomic E-state index is 0.766. The van der Waals surface area contributed by atoms with Crippen LogP contribution < -0.4 is 5.32 Å². The molecule has 0 aliphatic rings. The average Bonchev–Trinajstić information content (AvgIpc) is 2.47. The maximum atomic E-state index is 4.49. The van der Waals surface area contributed by atoms with Crippen LogP contribution in [0.3, 0.4) is 0 Å². The topological polar surface area (TPSA) is 50.7 Å². The summed E-state index contributed by atoms with van der Waals surface area (Å²) in [5.74, 6) is 0.766. The Morgan fingerprint density at radius 3 is 2.58 bits per heavy atom. The number of nitrogens with zero attached hydrogens (tertiary/aromatic N) is 3. The van der Waals surface area contributed by atoms with Crippen LogP contribution >= 0.6 is 0 Å². The van der Waals surface area contributed by atoms with Gasteiger partial charge in [-0.2, -0.15) is 0 Å². The summed E-state index contributed by atoms with van der Waals surface area (Å²) in [6.45, 7) is 2.00. The van der Waals surface area contributed by atoms with Crippen molar-refractivity contribution in [3.8, 4) is 11.3 Å². The van der Waals surface area contributed by atoms with Crippen LogP contribution in [0.1, 0.15) is 5.69 Å². The molecule has 3 rings (SSSR count). The van der Waals surface area contributed by atoms with Crippen molar-refractivity contribution < 1.29 is 0 Å². The Morgan fingerprint density at radius 2 is 1.84 bits per heavy atom. The Balaban J connectivity index is 2.06. The summed E-state index contributed by atoms with van der Waals surface area (Å²) in [7, 11) is 1.83. The second-order valence-electron chi connectivity index (χ2n) is 4.41. The predicted octanol–water partition coefficient (Wildman–Crippen LogP) is 3.04. The average molecular weight is 250 g/mol. The highest BCUT2D eigenvalue weighted by atomic mass is 15.2. The molecule has 0 aliphatic carbocycles. The molecular weight excluding hydrogens is 236 g/mol. The molecule has 1 aromatic carbocycles. The molecule has 2 heterocycles. The SMILES string of the molecule is CNc1ccc(-c2ccc3nc(C)ccc3c2)nn1. The Labute approximate surface area is 111 Å². The molecule has 19 heavy (non-hydrogen) atoms. The Bertz CT molecular complexity index is 720. The summed E-state index contributed by atoms with van der Waals surface area (Å²) in [5, 5.41) is 12.4. The van der Waals surface area contributed by atoms with Gasteiger partial charge in [-0.05, 0) is 37.3 Å². The van der Waals surface area contributed by atoms with E-state index in [0.29, 0.717) is 0 Å². The van der Waals surface area contributed by atoms with Crippen LogP contribution in [0.4, 0.5) is 5.82 Å². The van der Waals surface area contributed by atoms with Crippen LogP contribution in [-0.4, -0.2) is 22.2 Å². The summed E-state index contributed by atoms with van der Waals surface area (Å²) in [4.78, 5) is 4.49. The molecule has 0 saturated carbocycles. The molecule has 2 aromatic heterocycles. The van der Waals surface area contributed by atoms with Crippen LogP contribution in [-0.2, 0) is 0 Å². The number of aromatic nitrogens is 3. The number of hydrogen-bond donors (Lipinski definition) is 1. The van der Waals surface area contributed by atoms with Crippen molar-refractivity contribution in [3.63, 3.8) is 0 Å². The van der Waals surface area contributed by atoms with E-state index in [1.54, 1.807) is 0 Å². The zero-order chi connectivity index (χ0) is 13.2. The smallest absolute Gasteiger partial charge is 0.148 e. The fourth-order valence-electron chi connectivity index (χ4n) is 2.01. The van der Waals surface area contributed by atoms with Gasteiger partial charge in [0.05, 0.1) is 11.2 Å². The quantitative estimate of drug-likeness (QED) is 0.759. The normalized spacial score (nSPS) is 10.6. The summed E-state index contributed by atoms with van der Waals surface area (Å²) >= 11 is 0. The van der Waals surface area contributed by atoms with Crippen LogP contribution in [0.2, 0.25) is 0 Å². The Kier molecular flexibility index (Phi) is 2.83. The van der Waals surface area contributed by atoms with E-state index in [4.69, 9.17) is 0 Å². The maximum absolute atomic E-state index is 4.49. The number of hydrogen-bond acceptors (Lipinski definition) is 4. The molecule has 0 bridgehead atoms. The highest BCUT2D eigenvalue weighted by Gasteiger charge is 2.03. The van der Waals surface area contributed by atoms with Crippen LogP contribution in [0.25, 0.3) is 22.2 Å². The lowest BCUT2D eigenvalue weighted by molar-refractivity contribution is 1.04. The van der Waals surface area contributed by atoms with Gasteiger partial charge >= 0.3 is 0 Å². The van der Waals surface area contributed by atoms with E-state index in [9.17, 15) is 0 Å². The predicted molar refractivity (Wildman–Crippen MR) is 77.1 cm³/mol. The molecule has 0 aliphatic heterocycles. The fourth-order valence-corrected chi connectivity index (χ4v) is 2.01. The zero-order valence-corrected chi connectivity index (χ0v) is 10.9. The first kappa shape index (κ1) is 11.6. The van der Waals surface area contributed by atoms with Gasteiger partial charge in [0.15, 0.2) is 0 Å². The van der Waals surface area contributed by atoms with Crippen molar-refractivity contribution in [2.75, 3.05) is 12.4 Å². The van der Waals surface area contributed by atoms with Gasteiger partial charge in [-0.15, -0.1) is 10.2 Å². The van der Waals surface area contributed by atoms with Gasteiger partial charge in [0, 0.05) is 23.7 Å². The van der Waals surface area contributed by atoms with Gasteiger partial charge in [-0.3, -0.25) is 4.98 Å². The van der Waals surface area contributed by atoms with Crippen molar-refractivity contribution >= 4 is 16.7 Å². The molecule has 0 atom stereocenters. The second-order valence-corrected chi connectivity index (χ2v) is 4.41. The van der Waals surface area contributed by atoms with Gasteiger partial charge in [0.25, 0.3) is 0 Å². The molecule has 3 aromatic rings. The molecule has 0 saturated heterocycles. The highest BCUT2D eigenvalue weighted by Crippen LogP contribution is 2.22. The largest absolute Gasteiger partial charge is 0.372 e. The first-order chi connectivity index (χ1) is 9.26. The molecule has 0 amide bonds. The summed E-state index contributed by atoms with van der Waals surface area (Å²) in [6, 6.07) is 14.1. The standard InChI is InChI=1S/C15H14N4/c1-10-3-4-11-9-12(5-6-13(11)17-10)14-7-8-15(16-2)19-18-14/h3-9H,1-2H3,(H,16,19). The number of anilines is 1. The van der Waals surface area contributed by atoms with Crippen molar-refractivity contribution in [2.24, 2.45) is 0 Å².